The van der Waals surface area contributed by atoms with E-state index in [1.54, 1.807) is 23.1 Å². The third-order valence-electron chi connectivity index (χ3n) is 3.82. The van der Waals surface area contributed by atoms with Gasteiger partial charge in [-0.3, -0.25) is 4.79 Å². The Morgan fingerprint density at radius 1 is 1.20 bits per heavy atom. The van der Waals surface area contributed by atoms with Gasteiger partial charge in [0.1, 0.15) is 6.61 Å². The van der Waals surface area contributed by atoms with Gasteiger partial charge in [0.2, 0.25) is 6.10 Å². The van der Waals surface area contributed by atoms with Crippen LogP contribution in [0.2, 0.25) is 0 Å². The van der Waals surface area contributed by atoms with Crippen LogP contribution in [0.25, 0.3) is 5.82 Å². The second-order valence-electron chi connectivity index (χ2n) is 5.56. The Morgan fingerprint density at radius 3 is 2.84 bits per heavy atom. The number of aromatic nitrogens is 3. The Morgan fingerprint density at radius 2 is 2.08 bits per heavy atom. The van der Waals surface area contributed by atoms with E-state index in [0.29, 0.717) is 18.0 Å². The maximum atomic E-state index is 12.3. The molecule has 7 heteroatoms. The molecular weight excluding hydrogens is 320 g/mol. The first kappa shape index (κ1) is 15.2. The molecule has 0 aliphatic carbocycles. The number of fused-ring (bicyclic) bond motifs is 1. The van der Waals surface area contributed by atoms with Crippen LogP contribution in [0, 0.1) is 0 Å². The highest BCUT2D eigenvalue weighted by Crippen LogP contribution is 2.30. The number of hydrogen-bond donors (Lipinski definition) is 1. The molecule has 25 heavy (non-hydrogen) atoms. The van der Waals surface area contributed by atoms with Crippen molar-refractivity contribution in [2.45, 2.75) is 12.6 Å². The van der Waals surface area contributed by atoms with Crippen molar-refractivity contribution in [1.82, 2.24) is 20.1 Å². The number of nitrogens with one attached hydrogen (secondary N) is 1. The molecule has 0 fully saturated rings. The summed E-state index contributed by atoms with van der Waals surface area (Å²) in [6.45, 7) is 0.562. The first-order valence-electron chi connectivity index (χ1n) is 7.91. The number of carbonyl (C=O) groups is 1. The molecule has 126 valence electrons. The summed E-state index contributed by atoms with van der Waals surface area (Å²) < 4.78 is 12.9. The third-order valence-corrected chi connectivity index (χ3v) is 3.82. The average molecular weight is 336 g/mol. The number of ether oxygens (including phenoxy) is 2. The van der Waals surface area contributed by atoms with Gasteiger partial charge in [0.05, 0.1) is 0 Å². The fraction of sp³-hybridized carbons (Fsp3) is 0.167. The van der Waals surface area contributed by atoms with Crippen molar-refractivity contribution in [2.24, 2.45) is 0 Å². The first-order valence-corrected chi connectivity index (χ1v) is 7.91. The highest BCUT2D eigenvalue weighted by Gasteiger charge is 2.26. The molecule has 1 amide bonds. The van der Waals surface area contributed by atoms with E-state index in [0.717, 1.165) is 11.4 Å². The molecule has 0 radical (unpaired) electrons. The molecule has 0 saturated heterocycles. The van der Waals surface area contributed by atoms with Crippen LogP contribution in [0.5, 0.6) is 11.5 Å². The molecule has 7 nitrogen and oxygen atoms in total. The van der Waals surface area contributed by atoms with Crippen molar-refractivity contribution >= 4 is 5.91 Å². The normalized spacial score (nSPS) is 15.6. The SMILES string of the molecule is O=C(NCc1ccc(-n2cccn2)nc1)[C@@H]1COc2ccccc2O1. The van der Waals surface area contributed by atoms with Crippen molar-refractivity contribution in [3.63, 3.8) is 0 Å². The number of para-hydroxylation sites is 2. The van der Waals surface area contributed by atoms with Gasteiger partial charge in [-0.2, -0.15) is 5.10 Å². The van der Waals surface area contributed by atoms with Gasteiger partial charge in [-0.25, -0.2) is 9.67 Å². The van der Waals surface area contributed by atoms with Gasteiger partial charge in [-0.1, -0.05) is 18.2 Å². The van der Waals surface area contributed by atoms with Crippen molar-refractivity contribution in [2.75, 3.05) is 6.61 Å². The second-order valence-corrected chi connectivity index (χ2v) is 5.56. The minimum atomic E-state index is -0.661. The number of hydrogen-bond acceptors (Lipinski definition) is 5. The molecule has 4 rings (SSSR count). The molecular formula is C18H16N4O3. The second kappa shape index (κ2) is 6.64. The first-order chi connectivity index (χ1) is 12.3. The fourth-order valence-corrected chi connectivity index (χ4v) is 2.51. The summed E-state index contributed by atoms with van der Waals surface area (Å²) in [5.41, 5.74) is 0.890. The lowest BCUT2D eigenvalue weighted by atomic mass is 10.2. The topological polar surface area (TPSA) is 78.3 Å². The summed E-state index contributed by atoms with van der Waals surface area (Å²) in [6.07, 6.45) is 4.57. The Kier molecular flexibility index (Phi) is 4.04. The zero-order valence-electron chi connectivity index (χ0n) is 13.3. The summed E-state index contributed by atoms with van der Waals surface area (Å²) in [5.74, 6) is 1.75. The van der Waals surface area contributed by atoms with Gasteiger partial charge in [0.25, 0.3) is 5.91 Å². The maximum absolute atomic E-state index is 12.3. The van der Waals surface area contributed by atoms with E-state index >= 15 is 0 Å². The third kappa shape index (κ3) is 3.30. The van der Waals surface area contributed by atoms with Gasteiger partial charge in [0, 0.05) is 25.1 Å². The Balaban J connectivity index is 1.35. The predicted molar refractivity (Wildman–Crippen MR) is 89.6 cm³/mol. The largest absolute Gasteiger partial charge is 0.485 e. The van der Waals surface area contributed by atoms with Gasteiger partial charge in [-0.15, -0.1) is 0 Å². The molecule has 2 aromatic heterocycles. The minimum absolute atomic E-state index is 0.194. The standard InChI is InChI=1S/C18H16N4O3/c23-18(16-12-24-14-4-1-2-5-15(14)25-16)20-11-13-6-7-17(19-10-13)22-9-3-8-21-22/h1-10,16H,11-12H2,(H,20,23)/t16-/m0/s1. The number of benzene rings is 1. The van der Waals surface area contributed by atoms with E-state index < -0.39 is 6.10 Å². The highest BCUT2D eigenvalue weighted by atomic mass is 16.6. The minimum Gasteiger partial charge on any atom is -0.485 e. The number of rotatable bonds is 4. The van der Waals surface area contributed by atoms with Crippen molar-refractivity contribution in [1.29, 1.82) is 0 Å². The summed E-state index contributed by atoms with van der Waals surface area (Å²) in [7, 11) is 0. The zero-order chi connectivity index (χ0) is 17.1. The van der Waals surface area contributed by atoms with Crippen LogP contribution in [-0.2, 0) is 11.3 Å². The molecule has 3 aromatic rings. The lowest BCUT2D eigenvalue weighted by Gasteiger charge is -2.25. The summed E-state index contributed by atoms with van der Waals surface area (Å²) in [5, 5.41) is 6.97. The number of nitrogens with zero attached hydrogens (tertiary/aromatic N) is 3. The molecule has 1 aromatic carbocycles. The quantitative estimate of drug-likeness (QED) is 0.785. The lowest BCUT2D eigenvalue weighted by molar-refractivity contribution is -0.130. The van der Waals surface area contributed by atoms with E-state index in [-0.39, 0.29) is 12.5 Å². The fourth-order valence-electron chi connectivity index (χ4n) is 2.51. The van der Waals surface area contributed by atoms with Crippen molar-refractivity contribution < 1.29 is 14.3 Å². The van der Waals surface area contributed by atoms with Crippen LogP contribution in [0.4, 0.5) is 0 Å². The van der Waals surface area contributed by atoms with Crippen LogP contribution in [0.15, 0.2) is 61.1 Å². The molecule has 3 heterocycles. The van der Waals surface area contributed by atoms with E-state index in [2.05, 4.69) is 15.4 Å². The highest BCUT2D eigenvalue weighted by molar-refractivity contribution is 5.81. The molecule has 0 bridgehead atoms. The van der Waals surface area contributed by atoms with Crippen LogP contribution >= 0.6 is 0 Å². The number of pyridine rings is 1. The van der Waals surface area contributed by atoms with Crippen molar-refractivity contribution in [3.05, 3.63) is 66.6 Å². The molecule has 1 N–H and O–H groups in total. The maximum Gasteiger partial charge on any atom is 0.264 e. The van der Waals surface area contributed by atoms with Crippen LogP contribution in [-0.4, -0.2) is 33.4 Å². The summed E-state index contributed by atoms with van der Waals surface area (Å²) in [6, 6.07) is 12.9. The Bertz CT molecular complexity index is 862. The Hall–Kier alpha value is -3.35. The monoisotopic (exact) mass is 336 g/mol. The summed E-state index contributed by atoms with van der Waals surface area (Å²) in [4.78, 5) is 16.6. The van der Waals surface area contributed by atoms with Crippen LogP contribution in [0.1, 0.15) is 5.56 Å². The lowest BCUT2D eigenvalue weighted by Crippen LogP contribution is -2.43. The molecule has 0 spiro atoms. The van der Waals surface area contributed by atoms with E-state index in [9.17, 15) is 4.79 Å². The van der Waals surface area contributed by atoms with Gasteiger partial charge in [-0.05, 0) is 29.8 Å². The van der Waals surface area contributed by atoms with Gasteiger partial charge < -0.3 is 14.8 Å². The predicted octanol–water partition coefficient (Wildman–Crippen LogP) is 1.72. The number of amides is 1. The number of carbonyl (C=O) groups excluding carboxylic acids is 1. The molecule has 1 atom stereocenters. The van der Waals surface area contributed by atoms with E-state index in [4.69, 9.17) is 9.47 Å². The van der Waals surface area contributed by atoms with Crippen LogP contribution < -0.4 is 14.8 Å². The van der Waals surface area contributed by atoms with E-state index in [1.807, 2.05) is 42.6 Å². The molecule has 0 unspecified atom stereocenters. The van der Waals surface area contributed by atoms with E-state index in [1.165, 1.54) is 0 Å². The molecule has 1 aliphatic heterocycles. The van der Waals surface area contributed by atoms with Crippen molar-refractivity contribution in [3.8, 4) is 17.3 Å². The summed E-state index contributed by atoms with van der Waals surface area (Å²) >= 11 is 0. The molecule has 0 saturated carbocycles. The van der Waals surface area contributed by atoms with Crippen LogP contribution in [0.3, 0.4) is 0 Å². The molecule has 1 aliphatic rings. The Labute approximate surface area is 144 Å². The smallest absolute Gasteiger partial charge is 0.264 e. The van der Waals surface area contributed by atoms with Gasteiger partial charge >= 0.3 is 0 Å². The zero-order valence-corrected chi connectivity index (χ0v) is 13.3. The van der Waals surface area contributed by atoms with Gasteiger partial charge in [0.15, 0.2) is 17.3 Å². The average Bonchev–Trinajstić information content (AvgIpc) is 3.21.